The minimum Gasteiger partial charge on any atom is -0.444 e. The minimum absolute atomic E-state index is 0.196. The van der Waals surface area contributed by atoms with Crippen LogP contribution in [0.4, 0.5) is 4.79 Å². The van der Waals surface area contributed by atoms with Crippen molar-refractivity contribution in [1.29, 1.82) is 0 Å². The number of nitrogens with zero attached hydrogens (tertiary/aromatic N) is 1. The molecule has 1 saturated heterocycles. The number of carbonyl (C=O) groups excluding carboxylic acids is 1. The third-order valence-electron chi connectivity index (χ3n) is 2.74. The fourth-order valence-electron chi connectivity index (χ4n) is 1.82. The second-order valence-corrected chi connectivity index (χ2v) is 5.43. The summed E-state index contributed by atoms with van der Waals surface area (Å²) in [5.74, 6) is 0. The van der Waals surface area contributed by atoms with Crippen LogP contribution in [0.25, 0.3) is 0 Å². The van der Waals surface area contributed by atoms with E-state index in [1.54, 1.807) is 20.8 Å². The van der Waals surface area contributed by atoms with Gasteiger partial charge >= 0.3 is 6.09 Å². The van der Waals surface area contributed by atoms with E-state index >= 15 is 0 Å². The molecule has 7 nitrogen and oxygen atoms in total. The maximum absolute atomic E-state index is 11.9. The molecule has 0 aliphatic carbocycles. The number of piperidine rings is 1. The SMILES string of the molecule is CC(C)(C)OC(=O)N1CC(O)[C@@H](O)[C@H](O)C1CO. The Morgan fingerprint density at radius 2 is 1.83 bits per heavy atom. The molecule has 4 N–H and O–H groups in total. The van der Waals surface area contributed by atoms with Crippen LogP contribution >= 0.6 is 0 Å². The molecule has 0 aromatic heterocycles. The molecule has 2 unspecified atom stereocenters. The molecule has 4 atom stereocenters. The lowest BCUT2D eigenvalue weighted by atomic mass is 9.95. The second-order valence-electron chi connectivity index (χ2n) is 5.43. The first kappa shape index (κ1) is 15.2. The molecule has 0 saturated carbocycles. The summed E-state index contributed by atoms with van der Waals surface area (Å²) < 4.78 is 5.11. The zero-order valence-electron chi connectivity index (χ0n) is 10.8. The number of likely N-dealkylation sites (tertiary alicyclic amines) is 1. The van der Waals surface area contributed by atoms with Crippen molar-refractivity contribution in [3.05, 3.63) is 0 Å². The van der Waals surface area contributed by atoms with E-state index in [0.29, 0.717) is 0 Å². The fourth-order valence-corrected chi connectivity index (χ4v) is 1.82. The molecule has 1 heterocycles. The lowest BCUT2D eigenvalue weighted by Crippen LogP contribution is -2.64. The van der Waals surface area contributed by atoms with E-state index in [-0.39, 0.29) is 6.54 Å². The number of hydrogen-bond donors (Lipinski definition) is 4. The third-order valence-corrected chi connectivity index (χ3v) is 2.74. The van der Waals surface area contributed by atoms with Crippen LogP contribution in [-0.2, 0) is 4.74 Å². The average Bonchev–Trinajstić information content (AvgIpc) is 2.23. The van der Waals surface area contributed by atoms with E-state index in [9.17, 15) is 25.2 Å². The first-order valence-electron chi connectivity index (χ1n) is 5.82. The van der Waals surface area contributed by atoms with Gasteiger partial charge in [-0.2, -0.15) is 0 Å². The van der Waals surface area contributed by atoms with Gasteiger partial charge in [0.05, 0.1) is 19.2 Å². The number of carbonyl (C=O) groups is 1. The summed E-state index contributed by atoms with van der Waals surface area (Å²) in [5, 5.41) is 37.9. The van der Waals surface area contributed by atoms with Gasteiger partial charge in [0.15, 0.2) is 0 Å². The molecule has 1 aliphatic heterocycles. The van der Waals surface area contributed by atoms with E-state index in [2.05, 4.69) is 0 Å². The van der Waals surface area contributed by atoms with Gasteiger partial charge in [0.1, 0.15) is 23.9 Å². The first-order valence-corrected chi connectivity index (χ1v) is 5.82. The predicted molar refractivity (Wildman–Crippen MR) is 61.8 cm³/mol. The van der Waals surface area contributed by atoms with Crippen molar-refractivity contribution in [2.24, 2.45) is 0 Å². The molecule has 0 radical (unpaired) electrons. The molecule has 106 valence electrons. The number of rotatable bonds is 1. The van der Waals surface area contributed by atoms with E-state index < -0.39 is 42.7 Å². The van der Waals surface area contributed by atoms with Crippen LogP contribution in [0.15, 0.2) is 0 Å². The van der Waals surface area contributed by atoms with Gasteiger partial charge < -0.3 is 25.2 Å². The first-order chi connectivity index (χ1) is 8.17. The van der Waals surface area contributed by atoms with Gasteiger partial charge in [0.25, 0.3) is 0 Å². The van der Waals surface area contributed by atoms with Gasteiger partial charge in [-0.15, -0.1) is 0 Å². The predicted octanol–water partition coefficient (Wildman–Crippen LogP) is -1.32. The highest BCUT2D eigenvalue weighted by atomic mass is 16.6. The van der Waals surface area contributed by atoms with Gasteiger partial charge in [-0.05, 0) is 20.8 Å². The zero-order chi connectivity index (χ0) is 14.1. The Hall–Kier alpha value is -0.890. The van der Waals surface area contributed by atoms with Crippen LogP contribution < -0.4 is 0 Å². The molecular weight excluding hydrogens is 242 g/mol. The Bertz CT molecular complexity index is 302. The summed E-state index contributed by atoms with van der Waals surface area (Å²) in [5.41, 5.74) is -0.719. The quantitative estimate of drug-likeness (QED) is 0.467. The van der Waals surface area contributed by atoms with Crippen LogP contribution in [0.5, 0.6) is 0 Å². The summed E-state index contributed by atoms with van der Waals surface area (Å²) in [4.78, 5) is 12.9. The lowest BCUT2D eigenvalue weighted by molar-refractivity contribution is -0.141. The Labute approximate surface area is 106 Å². The van der Waals surface area contributed by atoms with Gasteiger partial charge in [-0.25, -0.2) is 4.79 Å². The minimum atomic E-state index is -1.41. The highest BCUT2D eigenvalue weighted by Gasteiger charge is 2.44. The highest BCUT2D eigenvalue weighted by Crippen LogP contribution is 2.21. The van der Waals surface area contributed by atoms with Gasteiger partial charge in [0, 0.05) is 0 Å². The van der Waals surface area contributed by atoms with E-state index in [1.807, 2.05) is 0 Å². The van der Waals surface area contributed by atoms with Crippen molar-refractivity contribution in [3.8, 4) is 0 Å². The molecule has 0 bridgehead atoms. The topological polar surface area (TPSA) is 110 Å². The smallest absolute Gasteiger partial charge is 0.410 e. The summed E-state index contributed by atoms with van der Waals surface area (Å²) in [6.45, 7) is 4.34. The maximum Gasteiger partial charge on any atom is 0.410 e. The van der Waals surface area contributed by atoms with Crippen molar-refractivity contribution in [1.82, 2.24) is 4.90 Å². The molecule has 1 aliphatic rings. The molecule has 7 heteroatoms. The third kappa shape index (κ3) is 3.32. The van der Waals surface area contributed by atoms with Crippen LogP contribution in [0.1, 0.15) is 20.8 Å². The second kappa shape index (κ2) is 5.40. The Morgan fingerprint density at radius 1 is 1.28 bits per heavy atom. The number of ether oxygens (including phenoxy) is 1. The number of β-amino-alcohol motifs (C(OH)–C–C–N with tert-alkyl or cyclic N) is 1. The van der Waals surface area contributed by atoms with Gasteiger partial charge in [-0.3, -0.25) is 4.90 Å². The van der Waals surface area contributed by atoms with Crippen molar-refractivity contribution in [3.63, 3.8) is 0 Å². The molecule has 0 aromatic rings. The number of aliphatic hydroxyl groups excluding tert-OH is 4. The normalized spacial score (nSPS) is 33.4. The summed E-state index contributed by atoms with van der Waals surface area (Å²) in [6.07, 6.45) is -4.81. The average molecular weight is 263 g/mol. The van der Waals surface area contributed by atoms with Crippen LogP contribution in [-0.4, -0.2) is 74.5 Å². The molecule has 1 rings (SSSR count). The van der Waals surface area contributed by atoms with Gasteiger partial charge in [0.2, 0.25) is 0 Å². The molecule has 0 aromatic carbocycles. The van der Waals surface area contributed by atoms with E-state index in [0.717, 1.165) is 4.90 Å². The summed E-state index contributed by atoms with van der Waals surface area (Å²) in [7, 11) is 0. The Balaban J connectivity index is 2.82. The fraction of sp³-hybridized carbons (Fsp3) is 0.909. The molecule has 0 spiro atoms. The highest BCUT2D eigenvalue weighted by molar-refractivity contribution is 5.69. The van der Waals surface area contributed by atoms with Crippen molar-refractivity contribution < 1.29 is 30.0 Å². The zero-order valence-corrected chi connectivity index (χ0v) is 10.8. The van der Waals surface area contributed by atoms with E-state index in [4.69, 9.17) is 4.74 Å². The number of amides is 1. The lowest BCUT2D eigenvalue weighted by Gasteiger charge is -2.43. The van der Waals surface area contributed by atoms with Crippen LogP contribution in [0.3, 0.4) is 0 Å². The van der Waals surface area contributed by atoms with Gasteiger partial charge in [-0.1, -0.05) is 0 Å². The monoisotopic (exact) mass is 263 g/mol. The maximum atomic E-state index is 11.9. The molecular formula is C11H21NO6. The van der Waals surface area contributed by atoms with Crippen molar-refractivity contribution in [2.75, 3.05) is 13.2 Å². The molecule has 18 heavy (non-hydrogen) atoms. The van der Waals surface area contributed by atoms with E-state index in [1.165, 1.54) is 0 Å². The van der Waals surface area contributed by atoms with Crippen molar-refractivity contribution in [2.45, 2.75) is 50.7 Å². The standard InChI is InChI=1S/C11H21NO6/c1-11(2,3)18-10(17)12-4-7(14)9(16)8(15)6(12)5-13/h6-9,13-16H,4-5H2,1-3H3/t6?,7?,8-,9-/m1/s1. The Morgan fingerprint density at radius 3 is 2.28 bits per heavy atom. The molecule has 1 fully saturated rings. The van der Waals surface area contributed by atoms with Crippen LogP contribution in [0, 0.1) is 0 Å². The summed E-state index contributed by atoms with van der Waals surface area (Å²) >= 11 is 0. The Kier molecular flexibility index (Phi) is 4.55. The summed E-state index contributed by atoms with van der Waals surface area (Å²) in [6, 6.07) is -0.988. The number of aliphatic hydroxyl groups is 4. The largest absolute Gasteiger partial charge is 0.444 e. The van der Waals surface area contributed by atoms with Crippen molar-refractivity contribution >= 4 is 6.09 Å². The van der Waals surface area contributed by atoms with Crippen LogP contribution in [0.2, 0.25) is 0 Å². The number of hydrogen-bond acceptors (Lipinski definition) is 6. The molecule has 1 amide bonds.